The summed E-state index contributed by atoms with van der Waals surface area (Å²) in [5.41, 5.74) is 0.937. The minimum atomic E-state index is -0.222. The molecule has 0 aliphatic carbocycles. The summed E-state index contributed by atoms with van der Waals surface area (Å²) in [5.74, 6) is 0. The second-order valence-corrected chi connectivity index (χ2v) is 6.88. The van der Waals surface area contributed by atoms with Crippen LogP contribution in [0.25, 0.3) is 10.6 Å². The van der Waals surface area contributed by atoms with Crippen LogP contribution in [0.5, 0.6) is 0 Å². The van der Waals surface area contributed by atoms with Crippen molar-refractivity contribution >= 4 is 22.4 Å². The third-order valence-electron chi connectivity index (χ3n) is 4.03. The van der Waals surface area contributed by atoms with Crippen LogP contribution in [-0.2, 0) is 4.74 Å². The van der Waals surface area contributed by atoms with Gasteiger partial charge in [-0.25, -0.2) is 4.79 Å². The molecule has 1 unspecified atom stereocenters. The smallest absolute Gasteiger partial charge is 0.415 e. The predicted molar refractivity (Wildman–Crippen MR) is 93.9 cm³/mol. The maximum absolute atomic E-state index is 12.1. The number of ether oxygens (including phenoxy) is 1. The van der Waals surface area contributed by atoms with Crippen LogP contribution in [0.3, 0.4) is 0 Å². The van der Waals surface area contributed by atoms with Gasteiger partial charge in [-0.2, -0.15) is 0 Å². The average Bonchev–Trinajstić information content (AvgIpc) is 3.19. The summed E-state index contributed by atoms with van der Waals surface area (Å²) in [6.07, 6.45) is 7.37. The fourth-order valence-electron chi connectivity index (χ4n) is 2.77. The first-order valence-corrected chi connectivity index (χ1v) is 9.09. The van der Waals surface area contributed by atoms with Crippen molar-refractivity contribution < 1.29 is 9.53 Å². The number of hydrogen-bond acceptors (Lipinski definition) is 4. The molecule has 122 valence electrons. The number of aromatic nitrogens is 1. The maximum atomic E-state index is 12.1. The van der Waals surface area contributed by atoms with Crippen LogP contribution in [0.1, 0.15) is 39.0 Å². The van der Waals surface area contributed by atoms with Crippen molar-refractivity contribution in [1.82, 2.24) is 4.98 Å². The van der Waals surface area contributed by atoms with Crippen LogP contribution >= 0.6 is 11.3 Å². The normalized spacial score (nSPS) is 17.5. The molecule has 2 aromatic rings. The first-order valence-electron chi connectivity index (χ1n) is 8.27. The molecule has 1 aliphatic heterocycles. The second-order valence-electron chi connectivity index (χ2n) is 5.82. The lowest BCUT2D eigenvalue weighted by molar-refractivity contribution is 0.135. The summed E-state index contributed by atoms with van der Waals surface area (Å²) in [6, 6.07) is 9.85. The van der Waals surface area contributed by atoms with E-state index >= 15 is 0 Å². The number of carbonyl (C=O) groups excluding carboxylic acids is 1. The highest BCUT2D eigenvalue weighted by molar-refractivity contribution is 7.19. The lowest BCUT2D eigenvalue weighted by Gasteiger charge is -2.09. The quantitative estimate of drug-likeness (QED) is 0.663. The van der Waals surface area contributed by atoms with E-state index in [9.17, 15) is 4.79 Å². The van der Waals surface area contributed by atoms with Crippen LogP contribution in [-0.4, -0.2) is 23.7 Å². The highest BCUT2D eigenvalue weighted by Gasteiger charge is 2.32. The number of anilines is 1. The zero-order chi connectivity index (χ0) is 16.1. The fraction of sp³-hybridized carbons (Fsp3) is 0.444. The summed E-state index contributed by atoms with van der Waals surface area (Å²) in [4.78, 5) is 19.3. The largest absolute Gasteiger partial charge is 0.444 e. The number of thiophene rings is 1. The molecular weight excluding hydrogens is 308 g/mol. The molecule has 0 spiro atoms. The van der Waals surface area contributed by atoms with E-state index in [0.29, 0.717) is 6.54 Å². The Hall–Kier alpha value is -1.88. The van der Waals surface area contributed by atoms with Gasteiger partial charge in [0.2, 0.25) is 0 Å². The third-order valence-corrected chi connectivity index (χ3v) is 5.16. The first-order chi connectivity index (χ1) is 11.3. The van der Waals surface area contributed by atoms with Gasteiger partial charge in [0.15, 0.2) is 0 Å². The van der Waals surface area contributed by atoms with Gasteiger partial charge in [0.05, 0.1) is 17.1 Å². The molecule has 0 saturated carbocycles. The van der Waals surface area contributed by atoms with Crippen LogP contribution in [0, 0.1) is 0 Å². The maximum Gasteiger partial charge on any atom is 0.415 e. The first kappa shape index (κ1) is 16.0. The van der Waals surface area contributed by atoms with Gasteiger partial charge in [-0.1, -0.05) is 32.3 Å². The Kier molecular flexibility index (Phi) is 5.28. The summed E-state index contributed by atoms with van der Waals surface area (Å²) in [6.45, 7) is 2.86. The number of cyclic esters (lactones) is 1. The molecular formula is C18H22N2O2S. The van der Waals surface area contributed by atoms with Gasteiger partial charge in [0.1, 0.15) is 11.1 Å². The van der Waals surface area contributed by atoms with Crippen molar-refractivity contribution in [2.45, 2.75) is 45.1 Å². The standard InChI is InChI=1S/C18H22N2O2S/c1-2-3-4-5-8-14-13-20(18(21)22-14)17-11-10-16(23-17)15-9-6-7-12-19-15/h6-7,9-12,14H,2-5,8,13H2,1H3. The summed E-state index contributed by atoms with van der Waals surface area (Å²) >= 11 is 1.58. The van der Waals surface area contributed by atoms with Crippen LogP contribution < -0.4 is 4.90 Å². The minimum Gasteiger partial charge on any atom is -0.444 e. The predicted octanol–water partition coefficient (Wildman–Crippen LogP) is 5.11. The van der Waals surface area contributed by atoms with E-state index in [4.69, 9.17) is 4.74 Å². The van der Waals surface area contributed by atoms with Crippen molar-refractivity contribution in [3.05, 3.63) is 36.5 Å². The lowest BCUT2D eigenvalue weighted by Crippen LogP contribution is -2.23. The molecule has 0 N–H and O–H groups in total. The molecule has 1 atom stereocenters. The molecule has 4 nitrogen and oxygen atoms in total. The molecule has 1 fully saturated rings. The van der Waals surface area contributed by atoms with Gasteiger partial charge in [-0.15, -0.1) is 11.3 Å². The molecule has 2 aromatic heterocycles. The van der Waals surface area contributed by atoms with Crippen molar-refractivity contribution in [3.63, 3.8) is 0 Å². The van der Waals surface area contributed by atoms with E-state index in [1.54, 1.807) is 22.4 Å². The number of rotatable bonds is 7. The molecule has 0 aromatic carbocycles. The summed E-state index contributed by atoms with van der Waals surface area (Å²) in [7, 11) is 0. The SMILES string of the molecule is CCCCCCC1CN(c2ccc(-c3ccccn3)s2)C(=O)O1. The Bertz CT molecular complexity index is 641. The number of carbonyl (C=O) groups is 1. The van der Waals surface area contributed by atoms with Crippen molar-refractivity contribution in [3.8, 4) is 10.6 Å². The highest BCUT2D eigenvalue weighted by Crippen LogP contribution is 2.35. The Balaban J connectivity index is 1.61. The van der Waals surface area contributed by atoms with Gasteiger partial charge in [-0.05, 0) is 37.1 Å². The second kappa shape index (κ2) is 7.59. The molecule has 3 heterocycles. The van der Waals surface area contributed by atoms with Crippen LogP contribution in [0.4, 0.5) is 9.80 Å². The van der Waals surface area contributed by atoms with Crippen molar-refractivity contribution in [1.29, 1.82) is 0 Å². The van der Waals surface area contributed by atoms with Gasteiger partial charge in [0, 0.05) is 6.20 Å². The Morgan fingerprint density at radius 2 is 2.17 bits per heavy atom. The Labute approximate surface area is 141 Å². The van der Waals surface area contributed by atoms with Crippen molar-refractivity contribution in [2.24, 2.45) is 0 Å². The Morgan fingerprint density at radius 3 is 2.96 bits per heavy atom. The van der Waals surface area contributed by atoms with Crippen LogP contribution in [0.2, 0.25) is 0 Å². The fourth-order valence-corrected chi connectivity index (χ4v) is 3.75. The summed E-state index contributed by atoms with van der Waals surface area (Å²) < 4.78 is 5.50. The van der Waals surface area contributed by atoms with Gasteiger partial charge >= 0.3 is 6.09 Å². The highest BCUT2D eigenvalue weighted by atomic mass is 32.1. The topological polar surface area (TPSA) is 42.4 Å². The van der Waals surface area contributed by atoms with E-state index in [2.05, 4.69) is 11.9 Å². The van der Waals surface area contributed by atoms with E-state index < -0.39 is 0 Å². The minimum absolute atomic E-state index is 0.0276. The molecule has 3 rings (SSSR count). The number of amides is 1. The average molecular weight is 330 g/mol. The molecule has 1 saturated heterocycles. The number of pyridine rings is 1. The Morgan fingerprint density at radius 1 is 1.26 bits per heavy atom. The molecule has 0 radical (unpaired) electrons. The van der Waals surface area contributed by atoms with E-state index in [-0.39, 0.29) is 12.2 Å². The number of unbranched alkanes of at least 4 members (excludes halogenated alkanes) is 3. The number of nitrogens with zero attached hydrogens (tertiary/aromatic N) is 2. The van der Waals surface area contributed by atoms with Gasteiger partial charge in [-0.3, -0.25) is 9.88 Å². The van der Waals surface area contributed by atoms with Gasteiger partial charge < -0.3 is 4.74 Å². The molecule has 23 heavy (non-hydrogen) atoms. The zero-order valence-electron chi connectivity index (χ0n) is 13.4. The molecule has 5 heteroatoms. The summed E-state index contributed by atoms with van der Waals surface area (Å²) in [5, 5.41) is 0.937. The van der Waals surface area contributed by atoms with Gasteiger partial charge in [0.25, 0.3) is 0 Å². The van der Waals surface area contributed by atoms with E-state index in [0.717, 1.165) is 28.4 Å². The monoisotopic (exact) mass is 330 g/mol. The molecule has 1 amide bonds. The molecule has 0 bridgehead atoms. The lowest BCUT2D eigenvalue weighted by atomic mass is 10.1. The van der Waals surface area contributed by atoms with E-state index in [1.807, 2.05) is 30.3 Å². The van der Waals surface area contributed by atoms with E-state index in [1.165, 1.54) is 19.3 Å². The van der Waals surface area contributed by atoms with Crippen LogP contribution in [0.15, 0.2) is 36.5 Å². The third kappa shape index (κ3) is 3.91. The molecule has 1 aliphatic rings. The number of hydrogen-bond donors (Lipinski definition) is 0. The zero-order valence-corrected chi connectivity index (χ0v) is 14.2. The van der Waals surface area contributed by atoms with Crippen molar-refractivity contribution in [2.75, 3.05) is 11.4 Å².